The first-order chi connectivity index (χ1) is 14.9. The standard InChI is InChI=1S/C23H22ClN3O4/c1-14(29)19-6-3-15(24)9-20(19)21-11-23(30)26(12-22(21)31-2)18(13-28)10-16-7-8-27(25-16)17-4-5-17/h3,6-9,11-13,17-18H,4-5,10H2,1-2H3. The van der Waals surface area contributed by atoms with Crippen molar-refractivity contribution in [3.8, 4) is 16.9 Å². The molecule has 0 N–H and O–H groups in total. The number of halogens is 1. The Bertz CT molecular complexity index is 1210. The van der Waals surface area contributed by atoms with Gasteiger partial charge in [0, 0.05) is 34.8 Å². The Hall–Kier alpha value is -3.19. The molecule has 1 atom stereocenters. The van der Waals surface area contributed by atoms with Crippen LogP contribution in [0.2, 0.25) is 5.02 Å². The Morgan fingerprint density at radius 1 is 1.29 bits per heavy atom. The van der Waals surface area contributed by atoms with Gasteiger partial charge in [-0.1, -0.05) is 11.6 Å². The zero-order chi connectivity index (χ0) is 22.1. The van der Waals surface area contributed by atoms with E-state index < -0.39 is 6.04 Å². The van der Waals surface area contributed by atoms with Crippen molar-refractivity contribution in [2.75, 3.05) is 7.11 Å². The lowest BCUT2D eigenvalue weighted by Crippen LogP contribution is -2.27. The highest BCUT2D eigenvalue weighted by Gasteiger charge is 2.25. The van der Waals surface area contributed by atoms with Gasteiger partial charge in [-0.25, -0.2) is 0 Å². The van der Waals surface area contributed by atoms with Gasteiger partial charge in [-0.2, -0.15) is 5.10 Å². The Balaban J connectivity index is 1.73. The fourth-order valence-corrected chi connectivity index (χ4v) is 3.83. The minimum Gasteiger partial charge on any atom is -0.495 e. The number of carbonyl (C=O) groups is 2. The van der Waals surface area contributed by atoms with Gasteiger partial charge in [0.15, 0.2) is 5.78 Å². The van der Waals surface area contributed by atoms with E-state index in [-0.39, 0.29) is 11.3 Å². The number of Topliss-reactive ketones (excluding diaryl/α,β-unsaturated/α-hetero) is 1. The first-order valence-corrected chi connectivity index (χ1v) is 10.4. The quantitative estimate of drug-likeness (QED) is 0.392. The predicted octanol–water partition coefficient (Wildman–Crippen LogP) is 3.89. The summed E-state index contributed by atoms with van der Waals surface area (Å²) in [6.45, 7) is 1.45. The molecule has 8 heteroatoms. The first kappa shape index (κ1) is 21.1. The van der Waals surface area contributed by atoms with Crippen LogP contribution in [0.15, 0.2) is 47.5 Å². The topological polar surface area (TPSA) is 83.2 Å². The number of ether oxygens (including phenoxy) is 1. The highest BCUT2D eigenvalue weighted by Crippen LogP contribution is 2.35. The zero-order valence-electron chi connectivity index (χ0n) is 17.2. The van der Waals surface area contributed by atoms with Crippen molar-refractivity contribution >= 4 is 23.7 Å². The summed E-state index contributed by atoms with van der Waals surface area (Å²) in [5.74, 6) is 0.203. The van der Waals surface area contributed by atoms with E-state index in [1.54, 1.807) is 18.2 Å². The summed E-state index contributed by atoms with van der Waals surface area (Å²) < 4.78 is 8.75. The predicted molar refractivity (Wildman–Crippen MR) is 117 cm³/mol. The second-order valence-electron chi connectivity index (χ2n) is 7.67. The number of hydrogen-bond acceptors (Lipinski definition) is 5. The van der Waals surface area contributed by atoms with Crippen molar-refractivity contribution in [1.29, 1.82) is 0 Å². The molecule has 31 heavy (non-hydrogen) atoms. The molecule has 0 amide bonds. The van der Waals surface area contributed by atoms with Gasteiger partial charge < -0.3 is 14.1 Å². The molecule has 1 saturated carbocycles. The maximum Gasteiger partial charge on any atom is 0.252 e. The summed E-state index contributed by atoms with van der Waals surface area (Å²) >= 11 is 6.14. The highest BCUT2D eigenvalue weighted by molar-refractivity contribution is 6.31. The third kappa shape index (κ3) is 4.32. The Morgan fingerprint density at radius 3 is 2.71 bits per heavy atom. The molecule has 1 aliphatic rings. The van der Waals surface area contributed by atoms with Crippen molar-refractivity contribution in [3.63, 3.8) is 0 Å². The highest BCUT2D eigenvalue weighted by atomic mass is 35.5. The van der Waals surface area contributed by atoms with Crippen molar-refractivity contribution in [2.24, 2.45) is 0 Å². The first-order valence-electron chi connectivity index (χ1n) is 10.0. The molecule has 0 aliphatic heterocycles. The van der Waals surface area contributed by atoms with Crippen LogP contribution in [0.3, 0.4) is 0 Å². The van der Waals surface area contributed by atoms with E-state index in [1.165, 1.54) is 30.9 Å². The lowest BCUT2D eigenvalue weighted by Gasteiger charge is -2.17. The fraction of sp³-hybridized carbons (Fsp3) is 0.304. The second kappa shape index (κ2) is 8.51. The molecule has 0 radical (unpaired) electrons. The molecule has 3 aromatic rings. The summed E-state index contributed by atoms with van der Waals surface area (Å²) in [5, 5.41) is 4.96. The number of hydrogen-bond donors (Lipinski definition) is 0. The van der Waals surface area contributed by atoms with Gasteiger partial charge in [-0.05, 0) is 49.6 Å². The number of aromatic nitrogens is 3. The number of pyridine rings is 1. The minimum absolute atomic E-state index is 0.157. The van der Waals surface area contributed by atoms with Crippen molar-refractivity contribution in [2.45, 2.75) is 38.3 Å². The normalized spacial score (nSPS) is 14.3. The summed E-state index contributed by atoms with van der Waals surface area (Å²) in [4.78, 5) is 36.9. The van der Waals surface area contributed by atoms with Gasteiger partial charge in [0.1, 0.15) is 12.0 Å². The zero-order valence-corrected chi connectivity index (χ0v) is 18.0. The third-order valence-electron chi connectivity index (χ3n) is 5.43. The van der Waals surface area contributed by atoms with Crippen LogP contribution in [0, 0.1) is 0 Å². The Morgan fingerprint density at radius 2 is 2.06 bits per heavy atom. The molecule has 0 saturated heterocycles. The second-order valence-corrected chi connectivity index (χ2v) is 8.11. The van der Waals surface area contributed by atoms with Crippen LogP contribution < -0.4 is 10.3 Å². The van der Waals surface area contributed by atoms with Crippen LogP contribution in [-0.2, 0) is 11.2 Å². The SMILES string of the molecule is COc1cn(C(C=O)Cc2ccn(C3CC3)n2)c(=O)cc1-c1cc(Cl)ccc1C(C)=O. The molecular weight excluding hydrogens is 418 g/mol. The van der Waals surface area contributed by atoms with E-state index in [0.717, 1.165) is 24.8 Å². The van der Waals surface area contributed by atoms with Gasteiger partial charge in [0.25, 0.3) is 5.56 Å². The van der Waals surface area contributed by atoms with Crippen molar-refractivity contribution < 1.29 is 14.3 Å². The van der Waals surface area contributed by atoms with Crippen molar-refractivity contribution in [1.82, 2.24) is 14.3 Å². The molecule has 1 fully saturated rings. The van der Waals surface area contributed by atoms with Gasteiger partial charge in [-0.15, -0.1) is 0 Å². The number of aldehydes is 1. The number of rotatable bonds is 8. The van der Waals surface area contributed by atoms with Crippen molar-refractivity contribution in [3.05, 3.63) is 69.4 Å². The molecule has 7 nitrogen and oxygen atoms in total. The summed E-state index contributed by atoms with van der Waals surface area (Å²) in [6, 6.07) is 7.83. The van der Waals surface area contributed by atoms with Gasteiger partial charge >= 0.3 is 0 Å². The fourth-order valence-electron chi connectivity index (χ4n) is 3.66. The smallest absolute Gasteiger partial charge is 0.252 e. The van der Waals surface area contributed by atoms with Crippen LogP contribution in [-0.4, -0.2) is 33.5 Å². The number of nitrogens with zero attached hydrogens (tertiary/aromatic N) is 3. The van der Waals surface area contributed by atoms with Crippen LogP contribution in [0.1, 0.15) is 47.9 Å². The monoisotopic (exact) mass is 439 g/mol. The molecule has 4 rings (SSSR count). The number of carbonyl (C=O) groups excluding carboxylic acids is 2. The third-order valence-corrected chi connectivity index (χ3v) is 5.67. The van der Waals surface area contributed by atoms with Gasteiger partial charge in [-0.3, -0.25) is 14.3 Å². The molecular formula is C23H22ClN3O4. The van der Waals surface area contributed by atoms with E-state index in [0.29, 0.717) is 39.9 Å². The van der Waals surface area contributed by atoms with E-state index in [9.17, 15) is 14.4 Å². The largest absolute Gasteiger partial charge is 0.495 e. The summed E-state index contributed by atoms with van der Waals surface area (Å²) in [6.07, 6.45) is 6.66. The average molecular weight is 440 g/mol. The number of methoxy groups -OCH3 is 1. The minimum atomic E-state index is -0.732. The van der Waals surface area contributed by atoms with Crippen LogP contribution in [0.5, 0.6) is 5.75 Å². The molecule has 1 aromatic carbocycles. The molecule has 0 bridgehead atoms. The maximum atomic E-state index is 13.0. The molecule has 2 aromatic heterocycles. The lowest BCUT2D eigenvalue weighted by molar-refractivity contribution is -0.110. The Labute approximate surface area is 184 Å². The average Bonchev–Trinajstić information content (AvgIpc) is 3.50. The van der Waals surface area contributed by atoms with E-state index in [1.807, 2.05) is 16.9 Å². The lowest BCUT2D eigenvalue weighted by atomic mass is 9.97. The number of benzene rings is 1. The molecule has 1 unspecified atom stereocenters. The van der Waals surface area contributed by atoms with Crippen LogP contribution in [0.25, 0.3) is 11.1 Å². The van der Waals surface area contributed by atoms with E-state index >= 15 is 0 Å². The summed E-state index contributed by atoms with van der Waals surface area (Å²) in [5.41, 5.74) is 1.74. The molecule has 2 heterocycles. The maximum absolute atomic E-state index is 13.0. The number of ketones is 1. The molecule has 160 valence electrons. The van der Waals surface area contributed by atoms with Gasteiger partial charge in [0.05, 0.1) is 31.1 Å². The molecule has 1 aliphatic carbocycles. The molecule has 0 spiro atoms. The Kier molecular flexibility index (Phi) is 5.78. The van der Waals surface area contributed by atoms with Crippen LogP contribution in [0.4, 0.5) is 0 Å². The van der Waals surface area contributed by atoms with Crippen LogP contribution >= 0.6 is 11.6 Å². The van der Waals surface area contributed by atoms with Gasteiger partial charge in [0.2, 0.25) is 0 Å². The van der Waals surface area contributed by atoms with E-state index in [4.69, 9.17) is 16.3 Å². The summed E-state index contributed by atoms with van der Waals surface area (Å²) in [7, 11) is 1.47. The van der Waals surface area contributed by atoms with E-state index in [2.05, 4.69) is 5.10 Å².